The molecule has 6 heteroatoms. The molecule has 0 aliphatic heterocycles. The third-order valence-electron chi connectivity index (χ3n) is 3.19. The Hall–Kier alpha value is -0.840. The van der Waals surface area contributed by atoms with E-state index in [0.29, 0.717) is 6.54 Å². The van der Waals surface area contributed by atoms with Crippen LogP contribution in [0, 0.1) is 5.82 Å². The maximum absolute atomic E-state index is 13.5. The van der Waals surface area contributed by atoms with Crippen LogP contribution in [0.4, 0.5) is 4.39 Å². The highest BCUT2D eigenvalue weighted by Crippen LogP contribution is 2.15. The van der Waals surface area contributed by atoms with Crippen LogP contribution in [0.2, 0.25) is 5.02 Å². The summed E-state index contributed by atoms with van der Waals surface area (Å²) in [5.41, 5.74) is 5.59. The van der Waals surface area contributed by atoms with Crippen molar-refractivity contribution in [2.45, 2.75) is 32.2 Å². The fourth-order valence-electron chi connectivity index (χ4n) is 1.53. The predicted octanol–water partition coefficient (Wildman–Crippen LogP) is 3.15. The van der Waals surface area contributed by atoms with Crippen LogP contribution in [0.15, 0.2) is 18.2 Å². The summed E-state index contributed by atoms with van der Waals surface area (Å²) < 4.78 is 13.5. The van der Waals surface area contributed by atoms with Crippen LogP contribution in [0.1, 0.15) is 37.0 Å². The number of carbonyl (C=O) groups is 1. The van der Waals surface area contributed by atoms with Crippen LogP contribution in [-0.2, 0) is 0 Å². The van der Waals surface area contributed by atoms with Crippen molar-refractivity contribution in [2.75, 3.05) is 6.54 Å². The molecule has 3 nitrogen and oxygen atoms in total. The first kappa shape index (κ1) is 18.2. The Bertz CT molecular complexity index is 437. The molecule has 0 radical (unpaired) electrons. The van der Waals surface area contributed by atoms with Gasteiger partial charge in [0.15, 0.2) is 0 Å². The van der Waals surface area contributed by atoms with Crippen LogP contribution in [-0.4, -0.2) is 18.0 Å². The number of nitrogens with one attached hydrogen (secondary N) is 1. The van der Waals surface area contributed by atoms with Gasteiger partial charge >= 0.3 is 0 Å². The summed E-state index contributed by atoms with van der Waals surface area (Å²) in [6.45, 7) is 4.23. The number of amides is 1. The zero-order chi connectivity index (χ0) is 13.8. The van der Waals surface area contributed by atoms with Gasteiger partial charge in [0.2, 0.25) is 0 Å². The Labute approximate surface area is 124 Å². The van der Waals surface area contributed by atoms with Gasteiger partial charge in [-0.2, -0.15) is 0 Å². The van der Waals surface area contributed by atoms with Crippen LogP contribution in [0.5, 0.6) is 0 Å². The first-order valence-corrected chi connectivity index (χ1v) is 6.32. The van der Waals surface area contributed by atoms with Gasteiger partial charge < -0.3 is 11.1 Å². The van der Waals surface area contributed by atoms with Gasteiger partial charge in [-0.3, -0.25) is 4.79 Å². The van der Waals surface area contributed by atoms with E-state index in [1.54, 1.807) is 0 Å². The summed E-state index contributed by atoms with van der Waals surface area (Å²) in [4.78, 5) is 11.8. The van der Waals surface area contributed by atoms with E-state index in [2.05, 4.69) is 5.32 Å². The number of benzene rings is 1. The molecule has 0 aliphatic rings. The molecule has 0 spiro atoms. The number of nitrogens with two attached hydrogens (primary N) is 1. The van der Waals surface area contributed by atoms with Gasteiger partial charge in [-0.25, -0.2) is 4.39 Å². The molecule has 19 heavy (non-hydrogen) atoms. The fraction of sp³-hybridized carbons (Fsp3) is 0.462. The summed E-state index contributed by atoms with van der Waals surface area (Å²) >= 11 is 5.62. The van der Waals surface area contributed by atoms with Crippen molar-refractivity contribution in [1.82, 2.24) is 5.32 Å². The van der Waals surface area contributed by atoms with Gasteiger partial charge in [0, 0.05) is 17.1 Å². The third kappa shape index (κ3) is 4.97. The summed E-state index contributed by atoms with van der Waals surface area (Å²) in [5, 5.41) is 2.92. The second-order valence-corrected chi connectivity index (χ2v) is 4.81. The molecule has 0 aromatic heterocycles. The van der Waals surface area contributed by atoms with Crippen LogP contribution >= 0.6 is 24.0 Å². The molecular weight excluding hydrogens is 290 g/mol. The van der Waals surface area contributed by atoms with Gasteiger partial charge in [-0.05, 0) is 31.0 Å². The lowest BCUT2D eigenvalue weighted by atomic mass is 9.94. The lowest BCUT2D eigenvalue weighted by Crippen LogP contribution is -2.49. The van der Waals surface area contributed by atoms with Gasteiger partial charge in [0.05, 0.1) is 5.56 Å². The summed E-state index contributed by atoms with van der Waals surface area (Å²) in [7, 11) is 0. The SMILES string of the molecule is CCC(N)(CC)CNC(=O)c1ccc(Cl)cc1F.Cl. The minimum Gasteiger partial charge on any atom is -0.350 e. The number of rotatable bonds is 5. The summed E-state index contributed by atoms with van der Waals surface area (Å²) in [6.07, 6.45) is 1.49. The molecule has 0 unspecified atom stereocenters. The normalized spacial score (nSPS) is 10.8. The Balaban J connectivity index is 0.00000324. The number of carbonyl (C=O) groups excluding carboxylic acids is 1. The number of halogens is 3. The lowest BCUT2D eigenvalue weighted by Gasteiger charge is -2.26. The molecule has 1 aromatic rings. The molecule has 1 aromatic carbocycles. The molecule has 0 saturated carbocycles. The fourth-order valence-corrected chi connectivity index (χ4v) is 1.68. The second-order valence-electron chi connectivity index (χ2n) is 4.38. The Morgan fingerprint density at radius 3 is 2.47 bits per heavy atom. The molecule has 0 bridgehead atoms. The maximum Gasteiger partial charge on any atom is 0.254 e. The molecule has 0 fully saturated rings. The van der Waals surface area contributed by atoms with Gasteiger partial charge in [-0.15, -0.1) is 12.4 Å². The van der Waals surface area contributed by atoms with Crippen LogP contribution in [0.3, 0.4) is 0 Å². The third-order valence-corrected chi connectivity index (χ3v) is 3.42. The highest BCUT2D eigenvalue weighted by atomic mass is 35.5. The summed E-state index contributed by atoms with van der Waals surface area (Å²) in [5.74, 6) is -1.10. The smallest absolute Gasteiger partial charge is 0.254 e. The van der Waals surface area contributed by atoms with Gasteiger partial charge in [0.25, 0.3) is 5.91 Å². The monoisotopic (exact) mass is 308 g/mol. The topological polar surface area (TPSA) is 55.1 Å². The van der Waals surface area contributed by atoms with Crippen molar-refractivity contribution in [3.63, 3.8) is 0 Å². The quantitative estimate of drug-likeness (QED) is 0.878. The molecule has 0 atom stereocenters. The predicted molar refractivity (Wildman–Crippen MR) is 78.5 cm³/mol. The van der Waals surface area contributed by atoms with E-state index in [1.807, 2.05) is 13.8 Å². The number of hydrogen-bond acceptors (Lipinski definition) is 2. The van der Waals surface area contributed by atoms with E-state index < -0.39 is 17.3 Å². The Morgan fingerprint density at radius 2 is 2.00 bits per heavy atom. The van der Waals surface area contributed by atoms with E-state index in [1.165, 1.54) is 12.1 Å². The van der Waals surface area contributed by atoms with E-state index in [0.717, 1.165) is 18.9 Å². The molecule has 108 valence electrons. The zero-order valence-corrected chi connectivity index (χ0v) is 12.6. The van der Waals surface area contributed by atoms with Crippen molar-refractivity contribution >= 4 is 29.9 Å². The van der Waals surface area contributed by atoms with Crippen molar-refractivity contribution in [2.24, 2.45) is 5.73 Å². The molecule has 0 aliphatic carbocycles. The molecule has 1 rings (SSSR count). The van der Waals surface area contributed by atoms with Crippen molar-refractivity contribution in [1.29, 1.82) is 0 Å². The lowest BCUT2D eigenvalue weighted by molar-refractivity contribution is 0.0938. The average molecular weight is 309 g/mol. The maximum atomic E-state index is 13.5. The zero-order valence-electron chi connectivity index (χ0n) is 11.0. The summed E-state index contributed by atoms with van der Waals surface area (Å²) in [6, 6.07) is 3.96. The van der Waals surface area contributed by atoms with Gasteiger partial charge in [0.1, 0.15) is 5.82 Å². The molecular formula is C13H19Cl2FN2O. The highest BCUT2D eigenvalue weighted by molar-refractivity contribution is 6.30. The van der Waals surface area contributed by atoms with Gasteiger partial charge in [-0.1, -0.05) is 25.4 Å². The molecule has 1 amide bonds. The van der Waals surface area contributed by atoms with E-state index in [4.69, 9.17) is 17.3 Å². The highest BCUT2D eigenvalue weighted by Gasteiger charge is 2.22. The van der Waals surface area contributed by atoms with Crippen molar-refractivity contribution < 1.29 is 9.18 Å². The molecule has 0 heterocycles. The first-order chi connectivity index (χ1) is 8.41. The Kier molecular flexibility index (Phi) is 7.34. The largest absolute Gasteiger partial charge is 0.350 e. The first-order valence-electron chi connectivity index (χ1n) is 5.94. The second kappa shape index (κ2) is 7.68. The van der Waals surface area contributed by atoms with Crippen LogP contribution < -0.4 is 11.1 Å². The minimum atomic E-state index is -0.629. The van der Waals surface area contributed by atoms with Crippen molar-refractivity contribution in [3.05, 3.63) is 34.6 Å². The molecule has 3 N–H and O–H groups in total. The average Bonchev–Trinajstić information content (AvgIpc) is 2.35. The minimum absolute atomic E-state index is 0. The van der Waals surface area contributed by atoms with E-state index in [-0.39, 0.29) is 23.0 Å². The van der Waals surface area contributed by atoms with Crippen molar-refractivity contribution in [3.8, 4) is 0 Å². The standard InChI is InChI=1S/C13H18ClFN2O.ClH/c1-3-13(16,4-2)8-17-12(18)10-6-5-9(14)7-11(10)15;/h5-7H,3-4,8,16H2,1-2H3,(H,17,18);1H. The number of hydrogen-bond donors (Lipinski definition) is 2. The van der Waals surface area contributed by atoms with E-state index in [9.17, 15) is 9.18 Å². The molecule has 0 saturated heterocycles. The van der Waals surface area contributed by atoms with E-state index >= 15 is 0 Å². The Morgan fingerprint density at radius 1 is 1.42 bits per heavy atom. The van der Waals surface area contributed by atoms with Crippen LogP contribution in [0.25, 0.3) is 0 Å².